The monoisotopic (exact) mass is 275 g/mol. The van der Waals surface area contributed by atoms with Crippen LogP contribution in [0, 0.1) is 5.92 Å². The molecule has 1 aliphatic heterocycles. The van der Waals surface area contributed by atoms with Crippen molar-refractivity contribution in [2.45, 2.75) is 39.0 Å². The maximum absolute atomic E-state index is 11.8. The van der Waals surface area contributed by atoms with E-state index in [1.165, 1.54) is 0 Å². The number of piperidine rings is 1. The van der Waals surface area contributed by atoms with Gasteiger partial charge in [-0.05, 0) is 43.7 Å². The fourth-order valence-electron chi connectivity index (χ4n) is 2.70. The highest BCUT2D eigenvalue weighted by molar-refractivity contribution is 5.76. The maximum atomic E-state index is 11.8. The fraction of sp³-hybridized carbons (Fsp3) is 0.588. The van der Waals surface area contributed by atoms with Crippen molar-refractivity contribution in [1.82, 2.24) is 4.90 Å². The average Bonchev–Trinajstić information content (AvgIpc) is 2.49. The Morgan fingerprint density at radius 1 is 1.25 bits per heavy atom. The molecule has 1 fully saturated rings. The van der Waals surface area contributed by atoms with Gasteiger partial charge in [0.1, 0.15) is 5.75 Å². The van der Waals surface area contributed by atoms with E-state index in [0.29, 0.717) is 18.2 Å². The predicted molar refractivity (Wildman–Crippen MR) is 80.8 cm³/mol. The molecule has 1 amide bonds. The molecule has 0 aliphatic carbocycles. The highest BCUT2D eigenvalue weighted by Gasteiger charge is 2.21. The van der Waals surface area contributed by atoms with E-state index in [1.54, 1.807) is 0 Å². The Kier molecular flexibility index (Phi) is 5.90. The van der Waals surface area contributed by atoms with Gasteiger partial charge < -0.3 is 9.64 Å². The van der Waals surface area contributed by atoms with Gasteiger partial charge >= 0.3 is 0 Å². The molecule has 1 heterocycles. The smallest absolute Gasteiger partial charge is 0.222 e. The van der Waals surface area contributed by atoms with Crippen LogP contribution in [0.1, 0.15) is 39.0 Å². The van der Waals surface area contributed by atoms with Gasteiger partial charge in [-0.15, -0.1) is 0 Å². The Bertz CT molecular complexity index is 397. The Balaban J connectivity index is 1.63. The second-order valence-electron chi connectivity index (χ2n) is 5.52. The van der Waals surface area contributed by atoms with Gasteiger partial charge in [0.15, 0.2) is 0 Å². The first-order valence-corrected chi connectivity index (χ1v) is 7.75. The van der Waals surface area contributed by atoms with Gasteiger partial charge in [-0.1, -0.05) is 25.1 Å². The van der Waals surface area contributed by atoms with Gasteiger partial charge in [0.05, 0.1) is 6.61 Å². The average molecular weight is 275 g/mol. The number of hydrogen-bond donors (Lipinski definition) is 0. The van der Waals surface area contributed by atoms with E-state index in [2.05, 4.69) is 6.92 Å². The lowest BCUT2D eigenvalue weighted by molar-refractivity contribution is -0.132. The lowest BCUT2D eigenvalue weighted by atomic mass is 9.94. The summed E-state index contributed by atoms with van der Waals surface area (Å²) < 4.78 is 5.74. The van der Waals surface area contributed by atoms with Gasteiger partial charge in [0.25, 0.3) is 0 Å². The van der Waals surface area contributed by atoms with Gasteiger partial charge in [0, 0.05) is 19.5 Å². The van der Waals surface area contributed by atoms with E-state index in [1.807, 2.05) is 35.2 Å². The van der Waals surface area contributed by atoms with Crippen molar-refractivity contribution in [3.8, 4) is 5.75 Å². The standard InChI is InChI=1S/C17H25NO2/c1-2-6-17(19)18-12-9-15(10-13-18)11-14-20-16-7-4-3-5-8-16/h3-5,7-8,15H,2,6,9-14H2,1H3. The zero-order valence-corrected chi connectivity index (χ0v) is 12.4. The highest BCUT2D eigenvalue weighted by atomic mass is 16.5. The normalized spacial score (nSPS) is 16.1. The van der Waals surface area contributed by atoms with Crippen molar-refractivity contribution in [3.63, 3.8) is 0 Å². The van der Waals surface area contributed by atoms with Crippen molar-refractivity contribution >= 4 is 5.91 Å². The molecule has 20 heavy (non-hydrogen) atoms. The van der Waals surface area contributed by atoms with E-state index in [-0.39, 0.29) is 0 Å². The molecule has 1 aliphatic rings. The van der Waals surface area contributed by atoms with Crippen LogP contribution in [0.5, 0.6) is 5.75 Å². The van der Waals surface area contributed by atoms with Crippen LogP contribution < -0.4 is 4.74 Å². The lowest BCUT2D eigenvalue weighted by Gasteiger charge is -2.32. The number of ether oxygens (including phenoxy) is 1. The molecule has 0 spiro atoms. The minimum Gasteiger partial charge on any atom is -0.494 e. The van der Waals surface area contributed by atoms with Crippen molar-refractivity contribution < 1.29 is 9.53 Å². The Labute approximate surface area is 121 Å². The predicted octanol–water partition coefficient (Wildman–Crippen LogP) is 3.49. The maximum Gasteiger partial charge on any atom is 0.222 e. The first-order valence-electron chi connectivity index (χ1n) is 7.75. The van der Waals surface area contributed by atoms with E-state index in [0.717, 1.165) is 51.1 Å². The molecule has 3 heteroatoms. The molecule has 0 unspecified atom stereocenters. The summed E-state index contributed by atoms with van der Waals surface area (Å²) in [6, 6.07) is 9.97. The van der Waals surface area contributed by atoms with Crippen molar-refractivity contribution in [2.75, 3.05) is 19.7 Å². The third kappa shape index (κ3) is 4.55. The van der Waals surface area contributed by atoms with E-state index in [4.69, 9.17) is 4.74 Å². The SMILES string of the molecule is CCCC(=O)N1CCC(CCOc2ccccc2)CC1. The first kappa shape index (κ1) is 14.9. The van der Waals surface area contributed by atoms with Crippen LogP contribution in [-0.4, -0.2) is 30.5 Å². The zero-order valence-electron chi connectivity index (χ0n) is 12.4. The Morgan fingerprint density at radius 3 is 2.60 bits per heavy atom. The van der Waals surface area contributed by atoms with Crippen LogP contribution in [0.2, 0.25) is 0 Å². The van der Waals surface area contributed by atoms with E-state index in [9.17, 15) is 4.79 Å². The summed E-state index contributed by atoms with van der Waals surface area (Å²) in [6.45, 7) is 4.69. The molecule has 1 saturated heterocycles. The van der Waals surface area contributed by atoms with Crippen LogP contribution in [0.25, 0.3) is 0 Å². The summed E-state index contributed by atoms with van der Waals surface area (Å²) in [5, 5.41) is 0. The molecule has 0 aromatic heterocycles. The van der Waals surface area contributed by atoms with Gasteiger partial charge in [-0.2, -0.15) is 0 Å². The second kappa shape index (κ2) is 7.93. The number of rotatable bonds is 6. The summed E-state index contributed by atoms with van der Waals surface area (Å²) in [6.07, 6.45) is 4.97. The van der Waals surface area contributed by atoms with Crippen molar-refractivity contribution in [2.24, 2.45) is 5.92 Å². The molecule has 3 nitrogen and oxygen atoms in total. The number of hydrogen-bond acceptors (Lipinski definition) is 2. The largest absolute Gasteiger partial charge is 0.494 e. The third-order valence-corrected chi connectivity index (χ3v) is 3.97. The number of para-hydroxylation sites is 1. The minimum atomic E-state index is 0.325. The molecule has 0 radical (unpaired) electrons. The molecule has 1 aromatic rings. The molecule has 110 valence electrons. The van der Waals surface area contributed by atoms with Gasteiger partial charge in [-0.3, -0.25) is 4.79 Å². The minimum absolute atomic E-state index is 0.325. The molecule has 2 rings (SSSR count). The van der Waals surface area contributed by atoms with Crippen molar-refractivity contribution in [1.29, 1.82) is 0 Å². The molecular formula is C17H25NO2. The fourth-order valence-corrected chi connectivity index (χ4v) is 2.70. The Hall–Kier alpha value is -1.51. The molecule has 0 bridgehead atoms. The number of carbonyl (C=O) groups excluding carboxylic acids is 1. The van der Waals surface area contributed by atoms with Crippen LogP contribution in [-0.2, 0) is 4.79 Å². The summed E-state index contributed by atoms with van der Waals surface area (Å²) in [4.78, 5) is 13.8. The number of benzene rings is 1. The van der Waals surface area contributed by atoms with Gasteiger partial charge in [-0.25, -0.2) is 0 Å². The number of carbonyl (C=O) groups is 1. The van der Waals surface area contributed by atoms with E-state index >= 15 is 0 Å². The first-order chi connectivity index (χ1) is 9.79. The summed E-state index contributed by atoms with van der Waals surface area (Å²) >= 11 is 0. The van der Waals surface area contributed by atoms with Crippen LogP contribution in [0.3, 0.4) is 0 Å². The quantitative estimate of drug-likeness (QED) is 0.795. The van der Waals surface area contributed by atoms with Crippen molar-refractivity contribution in [3.05, 3.63) is 30.3 Å². The lowest BCUT2D eigenvalue weighted by Crippen LogP contribution is -2.38. The Morgan fingerprint density at radius 2 is 1.95 bits per heavy atom. The molecule has 0 N–H and O–H groups in total. The number of amides is 1. The molecule has 1 aromatic carbocycles. The third-order valence-electron chi connectivity index (χ3n) is 3.97. The molecule has 0 atom stereocenters. The van der Waals surface area contributed by atoms with E-state index < -0.39 is 0 Å². The highest BCUT2D eigenvalue weighted by Crippen LogP contribution is 2.21. The topological polar surface area (TPSA) is 29.5 Å². The summed E-state index contributed by atoms with van der Waals surface area (Å²) in [7, 11) is 0. The summed E-state index contributed by atoms with van der Waals surface area (Å²) in [5.74, 6) is 1.97. The zero-order chi connectivity index (χ0) is 14.2. The second-order valence-corrected chi connectivity index (χ2v) is 5.52. The number of nitrogens with zero attached hydrogens (tertiary/aromatic N) is 1. The van der Waals surface area contributed by atoms with Crippen LogP contribution in [0.4, 0.5) is 0 Å². The molecular weight excluding hydrogens is 250 g/mol. The molecule has 0 saturated carbocycles. The summed E-state index contributed by atoms with van der Waals surface area (Å²) in [5.41, 5.74) is 0. The number of likely N-dealkylation sites (tertiary alicyclic amines) is 1. The van der Waals surface area contributed by atoms with Crippen LogP contribution in [0.15, 0.2) is 30.3 Å². The van der Waals surface area contributed by atoms with Crippen LogP contribution >= 0.6 is 0 Å². The van der Waals surface area contributed by atoms with Gasteiger partial charge in [0.2, 0.25) is 5.91 Å².